The quantitative estimate of drug-likeness (QED) is 0.257. The molecule has 1 aromatic rings. The van der Waals surface area contributed by atoms with Crippen LogP contribution in [0.4, 0.5) is 0 Å². The van der Waals surface area contributed by atoms with Gasteiger partial charge in [-0.05, 0) is 50.0 Å². The van der Waals surface area contributed by atoms with Crippen LogP contribution in [0.2, 0.25) is 0 Å². The molecule has 3 aliphatic heterocycles. The maximum absolute atomic E-state index is 12.3. The summed E-state index contributed by atoms with van der Waals surface area (Å²) in [6, 6.07) is 10.3. The van der Waals surface area contributed by atoms with E-state index in [9.17, 15) is 5.11 Å². The Morgan fingerprint density at radius 1 is 0.938 bits per heavy atom. The van der Waals surface area contributed by atoms with Crippen LogP contribution in [0.1, 0.15) is 77.2 Å². The van der Waals surface area contributed by atoms with Gasteiger partial charge in [0.1, 0.15) is 5.60 Å². The van der Waals surface area contributed by atoms with Gasteiger partial charge in [-0.15, -0.1) is 0 Å². The van der Waals surface area contributed by atoms with Crippen molar-refractivity contribution in [3.8, 4) is 0 Å². The van der Waals surface area contributed by atoms with Crippen molar-refractivity contribution in [2.75, 3.05) is 19.6 Å². The fourth-order valence-electron chi connectivity index (χ4n) is 5.63. The molecule has 2 bridgehead atoms. The highest BCUT2D eigenvalue weighted by Crippen LogP contribution is 2.58. The van der Waals surface area contributed by atoms with Gasteiger partial charge in [0.15, 0.2) is 0 Å². The lowest BCUT2D eigenvalue weighted by molar-refractivity contribution is -0.128. The van der Waals surface area contributed by atoms with Gasteiger partial charge in [0.25, 0.3) is 0 Å². The molecule has 0 amide bonds. The molecule has 1 aromatic carbocycles. The predicted molar refractivity (Wildman–Crippen MR) is 145 cm³/mol. The number of hydrogen-bond donors (Lipinski definition) is 1. The molecule has 0 saturated carbocycles. The summed E-state index contributed by atoms with van der Waals surface area (Å²) < 4.78 is 0. The zero-order valence-electron chi connectivity index (χ0n) is 19.9. The number of fused-ring (bicyclic) bond motifs is 3. The standard InChI is InChI=1S/C20H23Br2NO.C8H18/c21-17-8-4-7-16(18(17)22)20(24,15-5-2-1-3-6-15)19-9-12-23(13-10-19)14-11-19;1-3-5-7-8-6-4-2/h1-8,17-18,24H,9-14H2;3-8H2,1-2H3. The van der Waals surface area contributed by atoms with Crippen LogP contribution < -0.4 is 0 Å². The molecule has 178 valence electrons. The van der Waals surface area contributed by atoms with Crippen molar-refractivity contribution in [1.29, 1.82) is 0 Å². The zero-order valence-corrected chi connectivity index (χ0v) is 23.1. The van der Waals surface area contributed by atoms with Gasteiger partial charge in [-0.25, -0.2) is 0 Å². The van der Waals surface area contributed by atoms with Crippen molar-refractivity contribution in [2.24, 2.45) is 5.41 Å². The third-order valence-electron chi connectivity index (χ3n) is 7.70. The summed E-state index contributed by atoms with van der Waals surface area (Å²) in [6.45, 7) is 7.81. The topological polar surface area (TPSA) is 23.5 Å². The smallest absolute Gasteiger partial charge is 0.118 e. The second-order valence-electron chi connectivity index (χ2n) is 9.72. The van der Waals surface area contributed by atoms with Gasteiger partial charge in [0.05, 0.1) is 4.83 Å². The maximum Gasteiger partial charge on any atom is 0.118 e. The molecule has 3 saturated heterocycles. The number of allylic oxidation sites excluding steroid dienone is 3. The lowest BCUT2D eigenvalue weighted by Gasteiger charge is -2.58. The van der Waals surface area contributed by atoms with E-state index in [2.05, 4.69) is 81.0 Å². The van der Waals surface area contributed by atoms with Gasteiger partial charge < -0.3 is 10.0 Å². The van der Waals surface area contributed by atoms with E-state index in [1.165, 1.54) is 38.5 Å². The van der Waals surface area contributed by atoms with Crippen LogP contribution in [0.15, 0.2) is 54.1 Å². The molecule has 0 radical (unpaired) electrons. The van der Waals surface area contributed by atoms with Gasteiger partial charge in [-0.1, -0.05) is 133 Å². The van der Waals surface area contributed by atoms with E-state index >= 15 is 0 Å². The van der Waals surface area contributed by atoms with Crippen molar-refractivity contribution in [3.05, 3.63) is 59.7 Å². The third-order valence-corrected chi connectivity index (χ3v) is 10.3. The molecule has 0 spiro atoms. The first-order chi connectivity index (χ1) is 15.5. The third kappa shape index (κ3) is 5.62. The van der Waals surface area contributed by atoms with Crippen LogP contribution in [0, 0.1) is 5.41 Å². The van der Waals surface area contributed by atoms with Crippen LogP contribution in [0.5, 0.6) is 0 Å². The fraction of sp³-hybridized carbons (Fsp3) is 0.643. The normalized spacial score (nSPS) is 30.8. The fourth-order valence-corrected chi connectivity index (χ4v) is 6.75. The van der Waals surface area contributed by atoms with E-state index < -0.39 is 5.60 Å². The van der Waals surface area contributed by atoms with Gasteiger partial charge in [-0.2, -0.15) is 0 Å². The Balaban J connectivity index is 0.000000312. The van der Waals surface area contributed by atoms with Gasteiger partial charge in [0, 0.05) is 10.2 Å². The number of halogens is 2. The summed E-state index contributed by atoms with van der Waals surface area (Å²) in [6.07, 6.45) is 18.0. The molecule has 5 rings (SSSR count). The Bertz CT molecular complexity index is 734. The number of alkyl halides is 2. The molecule has 3 fully saturated rings. The Kier molecular flexibility index (Phi) is 10.1. The van der Waals surface area contributed by atoms with Crippen LogP contribution in [-0.2, 0) is 5.60 Å². The van der Waals surface area contributed by atoms with E-state index in [4.69, 9.17) is 0 Å². The first-order valence-corrected chi connectivity index (χ1v) is 14.5. The van der Waals surface area contributed by atoms with E-state index in [0.29, 0.717) is 0 Å². The molecule has 2 nitrogen and oxygen atoms in total. The lowest BCUT2D eigenvalue weighted by Crippen LogP contribution is -2.59. The van der Waals surface area contributed by atoms with Crippen molar-refractivity contribution in [1.82, 2.24) is 4.90 Å². The highest BCUT2D eigenvalue weighted by Gasteiger charge is 2.57. The molecule has 1 N–H and O–H groups in total. The Labute approximate surface area is 212 Å². The molecule has 32 heavy (non-hydrogen) atoms. The number of unbranched alkanes of at least 4 members (excludes halogenated alkanes) is 5. The molecule has 4 aliphatic rings. The summed E-state index contributed by atoms with van der Waals surface area (Å²) in [5, 5.41) is 12.3. The van der Waals surface area contributed by atoms with Gasteiger partial charge in [0.2, 0.25) is 0 Å². The molecular formula is C28H41Br2NO. The van der Waals surface area contributed by atoms with Crippen LogP contribution in [-0.4, -0.2) is 39.3 Å². The van der Waals surface area contributed by atoms with Crippen molar-refractivity contribution in [2.45, 2.75) is 86.9 Å². The van der Waals surface area contributed by atoms with Crippen molar-refractivity contribution < 1.29 is 5.11 Å². The minimum atomic E-state index is -0.925. The average molecular weight is 567 g/mol. The summed E-state index contributed by atoms with van der Waals surface area (Å²) in [4.78, 5) is 2.83. The summed E-state index contributed by atoms with van der Waals surface area (Å²) >= 11 is 7.59. The Morgan fingerprint density at radius 3 is 2.03 bits per heavy atom. The number of rotatable bonds is 8. The second-order valence-corrected chi connectivity index (χ2v) is 11.8. The lowest BCUT2D eigenvalue weighted by atomic mass is 9.56. The Hall–Kier alpha value is -0.420. The van der Waals surface area contributed by atoms with Crippen LogP contribution in [0.3, 0.4) is 0 Å². The summed E-state index contributed by atoms with van der Waals surface area (Å²) in [7, 11) is 0. The van der Waals surface area contributed by atoms with E-state index in [1.54, 1.807) is 0 Å². The summed E-state index contributed by atoms with van der Waals surface area (Å²) in [5.74, 6) is 0. The van der Waals surface area contributed by atoms with E-state index in [0.717, 1.165) is 50.0 Å². The van der Waals surface area contributed by atoms with Crippen molar-refractivity contribution >= 4 is 31.9 Å². The van der Waals surface area contributed by atoms with Crippen LogP contribution in [0.25, 0.3) is 0 Å². The van der Waals surface area contributed by atoms with E-state index in [-0.39, 0.29) is 15.1 Å². The zero-order chi connectivity index (χ0) is 23.0. The Morgan fingerprint density at radius 2 is 1.50 bits per heavy atom. The number of piperidine rings is 3. The maximum atomic E-state index is 12.3. The average Bonchev–Trinajstić information content (AvgIpc) is 2.85. The number of aliphatic hydroxyl groups is 1. The molecular weight excluding hydrogens is 526 g/mol. The minimum absolute atomic E-state index is 0.0706. The van der Waals surface area contributed by atoms with Gasteiger partial charge in [-0.3, -0.25) is 0 Å². The second kappa shape index (κ2) is 12.3. The van der Waals surface area contributed by atoms with Crippen molar-refractivity contribution in [3.63, 3.8) is 0 Å². The predicted octanol–water partition coefficient (Wildman–Crippen LogP) is 7.75. The molecule has 3 unspecified atom stereocenters. The number of hydrogen-bond acceptors (Lipinski definition) is 2. The van der Waals surface area contributed by atoms with Gasteiger partial charge >= 0.3 is 0 Å². The SMILES string of the molecule is CCCCCCCC.OC(C1=CC=CC(Br)C1Br)(c1ccccc1)C12CCN(CC1)CC2. The number of nitrogens with zero attached hydrogens (tertiary/aromatic N) is 1. The molecule has 3 atom stereocenters. The summed E-state index contributed by atoms with van der Waals surface area (Å²) in [5.41, 5.74) is 1.13. The monoisotopic (exact) mass is 565 g/mol. The largest absolute Gasteiger partial charge is 0.380 e. The number of benzene rings is 1. The first kappa shape index (κ1) is 26.2. The minimum Gasteiger partial charge on any atom is -0.380 e. The van der Waals surface area contributed by atoms with Crippen LogP contribution >= 0.6 is 31.9 Å². The molecule has 3 heterocycles. The highest BCUT2D eigenvalue weighted by molar-refractivity contribution is 9.12. The molecule has 4 heteroatoms. The first-order valence-electron chi connectivity index (χ1n) is 12.7. The molecule has 1 aliphatic carbocycles. The molecule has 0 aromatic heterocycles. The van der Waals surface area contributed by atoms with E-state index in [1.807, 2.05) is 18.2 Å². The highest BCUT2D eigenvalue weighted by atomic mass is 79.9.